The van der Waals surface area contributed by atoms with Crippen LogP contribution in [0.5, 0.6) is 0 Å². The minimum absolute atomic E-state index is 0.0971. The zero-order valence-electron chi connectivity index (χ0n) is 9.96. The quantitative estimate of drug-likeness (QED) is 0.520. The van der Waals surface area contributed by atoms with E-state index in [1.165, 1.54) is 0 Å². The van der Waals surface area contributed by atoms with Gasteiger partial charge in [-0.15, -0.1) is 6.42 Å². The van der Waals surface area contributed by atoms with Gasteiger partial charge in [-0.05, 0) is 20.8 Å². The van der Waals surface area contributed by atoms with Gasteiger partial charge in [0.15, 0.2) is 0 Å². The van der Waals surface area contributed by atoms with Crippen molar-refractivity contribution >= 4 is 11.8 Å². The number of carbonyl (C=O) groups is 2. The third kappa shape index (κ3) is 6.85. The second-order valence-corrected chi connectivity index (χ2v) is 3.75. The molecule has 5 heteroatoms. The fourth-order valence-corrected chi connectivity index (χ4v) is 1.00. The summed E-state index contributed by atoms with van der Waals surface area (Å²) in [6.45, 7) is 5.74. The van der Waals surface area contributed by atoms with Gasteiger partial charge in [0.1, 0.15) is 0 Å². The molecule has 5 nitrogen and oxygen atoms in total. The van der Waals surface area contributed by atoms with Crippen LogP contribution in [0.3, 0.4) is 0 Å². The Labute approximate surface area is 96.4 Å². The highest BCUT2D eigenvalue weighted by Gasteiger charge is 2.12. The van der Waals surface area contributed by atoms with E-state index in [9.17, 15) is 9.59 Å². The Morgan fingerprint density at radius 3 is 2.44 bits per heavy atom. The van der Waals surface area contributed by atoms with E-state index < -0.39 is 6.04 Å². The maximum Gasteiger partial charge on any atom is 0.237 e. The van der Waals surface area contributed by atoms with Crippen molar-refractivity contribution in [1.82, 2.24) is 16.0 Å². The van der Waals surface area contributed by atoms with E-state index in [0.717, 1.165) is 0 Å². The molecule has 2 amide bonds. The molecule has 0 rings (SSSR count). The highest BCUT2D eigenvalue weighted by Crippen LogP contribution is 1.82. The van der Waals surface area contributed by atoms with Crippen LogP contribution in [0.15, 0.2) is 0 Å². The molecule has 0 fully saturated rings. The van der Waals surface area contributed by atoms with E-state index in [2.05, 4.69) is 21.9 Å². The zero-order valence-corrected chi connectivity index (χ0v) is 9.96. The van der Waals surface area contributed by atoms with Gasteiger partial charge in [0.2, 0.25) is 11.8 Å². The van der Waals surface area contributed by atoms with E-state index in [1.807, 2.05) is 13.8 Å². The Morgan fingerprint density at radius 1 is 1.31 bits per heavy atom. The van der Waals surface area contributed by atoms with Crippen LogP contribution < -0.4 is 16.0 Å². The summed E-state index contributed by atoms with van der Waals surface area (Å²) in [5.41, 5.74) is 0. The molecule has 0 aromatic heterocycles. The first kappa shape index (κ1) is 14.5. The predicted molar refractivity (Wildman–Crippen MR) is 62.6 cm³/mol. The standard InChI is InChI=1S/C11H19N3O2/c1-5-6-12-11(16)9(4)13-7-10(15)14-8(2)3/h1,8-9,13H,6-7H2,2-4H3,(H,12,16)(H,14,15). The second kappa shape index (κ2) is 7.71. The molecule has 16 heavy (non-hydrogen) atoms. The molecule has 0 saturated carbocycles. The van der Waals surface area contributed by atoms with E-state index in [-0.39, 0.29) is 30.9 Å². The lowest BCUT2D eigenvalue weighted by atomic mass is 10.3. The first-order valence-electron chi connectivity index (χ1n) is 5.21. The smallest absolute Gasteiger partial charge is 0.237 e. The summed E-state index contributed by atoms with van der Waals surface area (Å²) in [4.78, 5) is 22.6. The lowest BCUT2D eigenvalue weighted by molar-refractivity contribution is -0.123. The fraction of sp³-hybridized carbons (Fsp3) is 0.636. The summed E-state index contributed by atoms with van der Waals surface area (Å²) < 4.78 is 0. The van der Waals surface area contributed by atoms with Crippen molar-refractivity contribution in [2.24, 2.45) is 0 Å². The number of terminal acetylenes is 1. The van der Waals surface area contributed by atoms with E-state index in [4.69, 9.17) is 6.42 Å². The number of carbonyl (C=O) groups excluding carboxylic acids is 2. The van der Waals surface area contributed by atoms with Gasteiger partial charge in [0.05, 0.1) is 19.1 Å². The minimum atomic E-state index is -0.439. The van der Waals surface area contributed by atoms with Crippen molar-refractivity contribution in [2.75, 3.05) is 13.1 Å². The van der Waals surface area contributed by atoms with Crippen LogP contribution in [-0.2, 0) is 9.59 Å². The van der Waals surface area contributed by atoms with Crippen LogP contribution in [0.4, 0.5) is 0 Å². The molecule has 1 unspecified atom stereocenters. The first-order valence-corrected chi connectivity index (χ1v) is 5.21. The fourth-order valence-electron chi connectivity index (χ4n) is 1.00. The summed E-state index contributed by atoms with van der Waals surface area (Å²) in [5.74, 6) is 1.96. The van der Waals surface area contributed by atoms with E-state index >= 15 is 0 Å². The number of amides is 2. The summed E-state index contributed by atoms with van der Waals surface area (Å²) in [7, 11) is 0. The highest BCUT2D eigenvalue weighted by atomic mass is 16.2. The molecule has 0 aliphatic carbocycles. The molecule has 0 aliphatic heterocycles. The molecule has 0 radical (unpaired) electrons. The summed E-state index contributed by atoms with van der Waals surface area (Å²) in [6, 6.07) is -0.342. The van der Waals surface area contributed by atoms with Crippen molar-refractivity contribution in [2.45, 2.75) is 32.9 Å². The molecule has 0 spiro atoms. The molecule has 0 heterocycles. The molecular formula is C11H19N3O2. The maximum absolute atomic E-state index is 11.3. The first-order chi connectivity index (χ1) is 7.47. The van der Waals surface area contributed by atoms with Gasteiger partial charge < -0.3 is 10.6 Å². The SMILES string of the molecule is C#CCNC(=O)C(C)NCC(=O)NC(C)C. The minimum Gasteiger partial charge on any atom is -0.353 e. The van der Waals surface area contributed by atoms with Crippen molar-refractivity contribution in [3.05, 3.63) is 0 Å². The second-order valence-electron chi connectivity index (χ2n) is 3.75. The summed E-state index contributed by atoms with van der Waals surface area (Å²) >= 11 is 0. The average Bonchev–Trinajstić information content (AvgIpc) is 2.21. The zero-order chi connectivity index (χ0) is 12.6. The van der Waals surface area contributed by atoms with Crippen LogP contribution in [0, 0.1) is 12.3 Å². The third-order valence-electron chi connectivity index (χ3n) is 1.78. The molecule has 90 valence electrons. The Hall–Kier alpha value is -1.54. The van der Waals surface area contributed by atoms with Gasteiger partial charge in [-0.2, -0.15) is 0 Å². The Morgan fingerprint density at radius 2 is 1.94 bits per heavy atom. The number of hydrogen-bond acceptors (Lipinski definition) is 3. The number of rotatable bonds is 6. The van der Waals surface area contributed by atoms with Crippen LogP contribution in [0.25, 0.3) is 0 Å². The maximum atomic E-state index is 11.3. The van der Waals surface area contributed by atoms with Crippen molar-refractivity contribution in [1.29, 1.82) is 0 Å². The van der Waals surface area contributed by atoms with Gasteiger partial charge in [-0.25, -0.2) is 0 Å². The number of nitrogens with one attached hydrogen (secondary N) is 3. The molecule has 0 bridgehead atoms. The van der Waals surface area contributed by atoms with Crippen LogP contribution >= 0.6 is 0 Å². The summed E-state index contributed by atoms with van der Waals surface area (Å²) in [6.07, 6.45) is 5.00. The average molecular weight is 225 g/mol. The van der Waals surface area contributed by atoms with Crippen molar-refractivity contribution in [3.8, 4) is 12.3 Å². The molecule has 0 aromatic carbocycles. The van der Waals surface area contributed by atoms with Crippen LogP contribution in [0.1, 0.15) is 20.8 Å². The van der Waals surface area contributed by atoms with E-state index in [0.29, 0.717) is 0 Å². The van der Waals surface area contributed by atoms with Crippen molar-refractivity contribution in [3.63, 3.8) is 0 Å². The molecule has 0 saturated heterocycles. The number of hydrogen-bond donors (Lipinski definition) is 3. The van der Waals surface area contributed by atoms with E-state index in [1.54, 1.807) is 6.92 Å². The third-order valence-corrected chi connectivity index (χ3v) is 1.78. The van der Waals surface area contributed by atoms with Crippen molar-refractivity contribution < 1.29 is 9.59 Å². The highest BCUT2D eigenvalue weighted by molar-refractivity contribution is 5.83. The Bertz CT molecular complexity index is 281. The molecular weight excluding hydrogens is 206 g/mol. The van der Waals surface area contributed by atoms with Crippen LogP contribution in [-0.4, -0.2) is 37.0 Å². The molecule has 1 atom stereocenters. The summed E-state index contributed by atoms with van der Waals surface area (Å²) in [5, 5.41) is 8.05. The van der Waals surface area contributed by atoms with Gasteiger partial charge >= 0.3 is 0 Å². The Kier molecular flexibility index (Phi) is 6.97. The van der Waals surface area contributed by atoms with Crippen LogP contribution in [0.2, 0.25) is 0 Å². The Balaban J connectivity index is 3.80. The van der Waals surface area contributed by atoms with Gasteiger partial charge in [0.25, 0.3) is 0 Å². The monoisotopic (exact) mass is 225 g/mol. The topological polar surface area (TPSA) is 70.2 Å². The van der Waals surface area contributed by atoms with Gasteiger partial charge in [0, 0.05) is 6.04 Å². The lowest BCUT2D eigenvalue weighted by Gasteiger charge is -2.14. The normalized spacial score (nSPS) is 11.7. The lowest BCUT2D eigenvalue weighted by Crippen LogP contribution is -2.47. The van der Waals surface area contributed by atoms with Gasteiger partial charge in [-0.1, -0.05) is 5.92 Å². The molecule has 0 aromatic rings. The molecule has 0 aliphatic rings. The largest absolute Gasteiger partial charge is 0.353 e. The predicted octanol–water partition coefficient (Wildman–Crippen LogP) is -0.761. The molecule has 3 N–H and O–H groups in total. The van der Waals surface area contributed by atoms with Gasteiger partial charge in [-0.3, -0.25) is 14.9 Å².